The number of nitrogens with one attached hydrogen (secondary N) is 1. The van der Waals surface area contributed by atoms with E-state index in [0.717, 1.165) is 0 Å². The van der Waals surface area contributed by atoms with Gasteiger partial charge in [0.1, 0.15) is 5.41 Å². The van der Waals surface area contributed by atoms with Crippen LogP contribution < -0.4 is 5.32 Å². The molecule has 1 saturated carbocycles. The lowest BCUT2D eigenvalue weighted by Gasteiger charge is -2.13. The molecule has 0 unspecified atom stereocenters. The van der Waals surface area contributed by atoms with Crippen LogP contribution in [0.5, 0.6) is 0 Å². The Kier molecular flexibility index (Phi) is 3.75. The summed E-state index contributed by atoms with van der Waals surface area (Å²) < 4.78 is 24.7. The maximum atomic E-state index is 12.4. The number of benzene rings is 1. The number of carbonyl (C=O) groups excluding carboxylic acids is 1. The van der Waals surface area contributed by atoms with Crippen LogP contribution in [0.1, 0.15) is 12.8 Å². The second kappa shape index (κ2) is 5.16. The summed E-state index contributed by atoms with van der Waals surface area (Å²) in [5.41, 5.74) is -1.17. The van der Waals surface area contributed by atoms with Crippen molar-refractivity contribution in [3.8, 4) is 0 Å². The van der Waals surface area contributed by atoms with E-state index in [-0.39, 0.29) is 23.4 Å². The quantitative estimate of drug-likeness (QED) is 0.645. The highest BCUT2D eigenvalue weighted by Gasteiger charge is 2.57. The van der Waals surface area contributed by atoms with Crippen molar-refractivity contribution in [1.29, 1.82) is 0 Å². The standard InChI is InChI=1S/C12H11F2NO3S/c13-11(14)19-8-4-2-1-3-7(8)15-9(16)12(5-6-12)10(17)18/h1-4,11H,5-6H2,(H,15,16)(H,17,18). The number of carbonyl (C=O) groups is 2. The Hall–Kier alpha value is -1.63. The molecule has 1 aromatic rings. The molecule has 7 heteroatoms. The molecule has 2 rings (SSSR count). The summed E-state index contributed by atoms with van der Waals surface area (Å²) >= 11 is 0.311. The lowest BCUT2D eigenvalue weighted by molar-refractivity contribution is -0.147. The number of carboxylic acids is 1. The number of thioether (sulfide) groups is 1. The summed E-state index contributed by atoms with van der Waals surface area (Å²) in [6, 6.07) is 6.09. The maximum Gasteiger partial charge on any atom is 0.319 e. The third-order valence-corrected chi connectivity index (χ3v) is 3.73. The Morgan fingerprint density at radius 3 is 2.47 bits per heavy atom. The number of rotatable bonds is 5. The Labute approximate surface area is 112 Å². The van der Waals surface area contributed by atoms with Gasteiger partial charge in [-0.3, -0.25) is 9.59 Å². The van der Waals surface area contributed by atoms with Crippen LogP contribution in [0, 0.1) is 5.41 Å². The number of carboxylic acid groups (broad SMARTS) is 1. The van der Waals surface area contributed by atoms with Gasteiger partial charge >= 0.3 is 5.97 Å². The predicted octanol–water partition coefficient (Wildman–Crippen LogP) is 2.80. The fourth-order valence-electron chi connectivity index (χ4n) is 1.67. The van der Waals surface area contributed by atoms with Gasteiger partial charge in [0.25, 0.3) is 5.76 Å². The van der Waals surface area contributed by atoms with Crippen LogP contribution in [0.2, 0.25) is 0 Å². The first-order valence-corrected chi connectivity index (χ1v) is 6.42. The molecule has 0 aromatic heterocycles. The van der Waals surface area contributed by atoms with Crippen molar-refractivity contribution in [2.75, 3.05) is 5.32 Å². The van der Waals surface area contributed by atoms with Crippen molar-refractivity contribution in [3.63, 3.8) is 0 Å². The van der Waals surface area contributed by atoms with E-state index in [4.69, 9.17) is 5.11 Å². The van der Waals surface area contributed by atoms with Crippen LogP contribution in [0.4, 0.5) is 14.5 Å². The lowest BCUT2D eigenvalue weighted by Crippen LogP contribution is -2.31. The van der Waals surface area contributed by atoms with E-state index in [1.165, 1.54) is 12.1 Å². The summed E-state index contributed by atoms with van der Waals surface area (Å²) in [4.78, 5) is 23.1. The van der Waals surface area contributed by atoms with E-state index < -0.39 is 23.0 Å². The highest BCUT2D eigenvalue weighted by molar-refractivity contribution is 7.99. The number of aliphatic carboxylic acids is 1. The lowest BCUT2D eigenvalue weighted by atomic mass is 10.1. The summed E-state index contributed by atoms with van der Waals surface area (Å²) in [5.74, 6) is -4.43. The number of hydrogen-bond acceptors (Lipinski definition) is 3. The van der Waals surface area contributed by atoms with E-state index in [9.17, 15) is 18.4 Å². The van der Waals surface area contributed by atoms with Crippen LogP contribution in [-0.4, -0.2) is 22.7 Å². The molecule has 1 fully saturated rings. The molecule has 1 amide bonds. The molecule has 4 nitrogen and oxygen atoms in total. The van der Waals surface area contributed by atoms with Crippen molar-refractivity contribution in [2.24, 2.45) is 5.41 Å². The van der Waals surface area contributed by atoms with Gasteiger partial charge in [0.05, 0.1) is 5.69 Å². The van der Waals surface area contributed by atoms with Gasteiger partial charge in [-0.15, -0.1) is 0 Å². The van der Waals surface area contributed by atoms with Gasteiger partial charge in [-0.2, -0.15) is 8.78 Å². The number of halogens is 2. The average Bonchev–Trinajstić information content (AvgIpc) is 3.12. The Morgan fingerprint density at radius 1 is 1.32 bits per heavy atom. The SMILES string of the molecule is O=C(O)C1(C(=O)Nc2ccccc2SC(F)F)CC1. The second-order valence-electron chi connectivity index (χ2n) is 4.22. The smallest absolute Gasteiger partial charge is 0.319 e. The number of alkyl halides is 2. The van der Waals surface area contributed by atoms with E-state index in [2.05, 4.69) is 5.32 Å². The zero-order valence-electron chi connectivity index (χ0n) is 9.73. The monoisotopic (exact) mass is 287 g/mol. The first kappa shape index (κ1) is 13.8. The molecule has 1 aliphatic carbocycles. The maximum absolute atomic E-state index is 12.4. The summed E-state index contributed by atoms with van der Waals surface area (Å²) in [7, 11) is 0. The van der Waals surface area contributed by atoms with Crippen molar-refractivity contribution in [3.05, 3.63) is 24.3 Å². The topological polar surface area (TPSA) is 66.4 Å². The van der Waals surface area contributed by atoms with E-state index >= 15 is 0 Å². The van der Waals surface area contributed by atoms with E-state index in [0.29, 0.717) is 11.8 Å². The number of anilines is 1. The predicted molar refractivity (Wildman–Crippen MR) is 66.2 cm³/mol. The summed E-state index contributed by atoms with van der Waals surface area (Å²) in [6.07, 6.45) is 0.552. The van der Waals surface area contributed by atoms with E-state index in [1.54, 1.807) is 12.1 Å². The molecule has 0 spiro atoms. The van der Waals surface area contributed by atoms with Crippen LogP contribution in [-0.2, 0) is 9.59 Å². The van der Waals surface area contributed by atoms with Gasteiger partial charge in [0, 0.05) is 4.90 Å². The average molecular weight is 287 g/mol. The summed E-state index contributed by atoms with van der Waals surface area (Å²) in [6.45, 7) is 0. The van der Waals surface area contributed by atoms with Gasteiger partial charge in [-0.25, -0.2) is 0 Å². The van der Waals surface area contributed by atoms with Gasteiger partial charge in [0.2, 0.25) is 5.91 Å². The van der Waals surface area contributed by atoms with Crippen LogP contribution >= 0.6 is 11.8 Å². The number of para-hydroxylation sites is 1. The first-order valence-electron chi connectivity index (χ1n) is 5.54. The minimum atomic E-state index is -2.60. The van der Waals surface area contributed by atoms with Gasteiger partial charge in [-0.1, -0.05) is 23.9 Å². The number of amides is 1. The fourth-order valence-corrected chi connectivity index (χ4v) is 2.27. The molecule has 0 bridgehead atoms. The third kappa shape index (κ3) is 2.86. The molecule has 0 radical (unpaired) electrons. The van der Waals surface area contributed by atoms with Crippen LogP contribution in [0.15, 0.2) is 29.2 Å². The minimum Gasteiger partial charge on any atom is -0.480 e. The minimum absolute atomic E-state index is 0.213. The third-order valence-electron chi connectivity index (χ3n) is 2.95. The van der Waals surface area contributed by atoms with Crippen molar-refractivity contribution in [1.82, 2.24) is 0 Å². The first-order chi connectivity index (χ1) is 8.95. The zero-order valence-corrected chi connectivity index (χ0v) is 10.5. The molecule has 1 aliphatic rings. The largest absolute Gasteiger partial charge is 0.480 e. The highest BCUT2D eigenvalue weighted by atomic mass is 32.2. The van der Waals surface area contributed by atoms with E-state index in [1.807, 2.05) is 0 Å². The van der Waals surface area contributed by atoms with Crippen molar-refractivity contribution < 1.29 is 23.5 Å². The second-order valence-corrected chi connectivity index (χ2v) is 5.25. The molecule has 0 saturated heterocycles. The molecule has 0 atom stereocenters. The Morgan fingerprint density at radius 2 is 1.95 bits per heavy atom. The molecule has 102 valence electrons. The van der Waals surface area contributed by atoms with Gasteiger partial charge in [-0.05, 0) is 25.0 Å². The molecule has 2 N–H and O–H groups in total. The molecule has 0 heterocycles. The highest BCUT2D eigenvalue weighted by Crippen LogP contribution is 2.47. The molecule has 1 aromatic carbocycles. The normalized spacial score (nSPS) is 16.2. The Balaban J connectivity index is 2.15. The van der Waals surface area contributed by atoms with Crippen LogP contribution in [0.3, 0.4) is 0 Å². The molecule has 0 aliphatic heterocycles. The molecular formula is C12H11F2NO3S. The van der Waals surface area contributed by atoms with Crippen LogP contribution in [0.25, 0.3) is 0 Å². The number of hydrogen-bond donors (Lipinski definition) is 2. The molecule has 19 heavy (non-hydrogen) atoms. The van der Waals surface area contributed by atoms with Crippen molar-refractivity contribution >= 4 is 29.3 Å². The summed E-state index contributed by atoms with van der Waals surface area (Å²) in [5, 5.41) is 11.4. The molecular weight excluding hydrogens is 276 g/mol. The Bertz CT molecular complexity index is 517. The van der Waals surface area contributed by atoms with Crippen molar-refractivity contribution in [2.45, 2.75) is 23.5 Å². The fraction of sp³-hybridized carbons (Fsp3) is 0.333. The van der Waals surface area contributed by atoms with Gasteiger partial charge < -0.3 is 10.4 Å². The van der Waals surface area contributed by atoms with Gasteiger partial charge in [0.15, 0.2) is 0 Å². The zero-order chi connectivity index (χ0) is 14.0.